The van der Waals surface area contributed by atoms with Crippen LogP contribution in [0.15, 0.2) is 18.2 Å². The molecule has 0 radical (unpaired) electrons. The van der Waals surface area contributed by atoms with Gasteiger partial charge in [0.25, 0.3) is 5.91 Å². The van der Waals surface area contributed by atoms with Gasteiger partial charge in [0.1, 0.15) is 11.8 Å². The Labute approximate surface area is 116 Å². The lowest BCUT2D eigenvalue weighted by Gasteiger charge is -2.17. The van der Waals surface area contributed by atoms with Crippen molar-refractivity contribution in [2.24, 2.45) is 0 Å². The molecule has 0 bridgehead atoms. The van der Waals surface area contributed by atoms with E-state index in [1.165, 1.54) is 13.8 Å². The number of ether oxygens (including phenoxy) is 1. The van der Waals surface area contributed by atoms with Crippen LogP contribution in [0.2, 0.25) is 5.02 Å². The number of carbonyl (C=O) groups is 2. The highest BCUT2D eigenvalue weighted by Crippen LogP contribution is 2.26. The van der Waals surface area contributed by atoms with Crippen LogP contribution < -0.4 is 10.1 Å². The summed E-state index contributed by atoms with van der Waals surface area (Å²) in [6, 6.07) is 4.25. The van der Waals surface area contributed by atoms with Gasteiger partial charge < -0.3 is 15.2 Å². The number of aryl methyl sites for hydroxylation is 1. The molecule has 1 unspecified atom stereocenters. The van der Waals surface area contributed by atoms with E-state index < -0.39 is 24.0 Å². The van der Waals surface area contributed by atoms with Gasteiger partial charge in [-0.05, 0) is 38.5 Å². The Hall–Kier alpha value is -1.75. The summed E-state index contributed by atoms with van der Waals surface area (Å²) in [5.41, 5.74) is 0.950. The van der Waals surface area contributed by atoms with Gasteiger partial charge in [-0.1, -0.05) is 17.7 Å². The Morgan fingerprint density at radius 1 is 1.37 bits per heavy atom. The van der Waals surface area contributed by atoms with Gasteiger partial charge in [0.05, 0.1) is 5.02 Å². The fourth-order valence-electron chi connectivity index (χ4n) is 1.34. The smallest absolute Gasteiger partial charge is 0.325 e. The highest BCUT2D eigenvalue weighted by molar-refractivity contribution is 6.32. The lowest BCUT2D eigenvalue weighted by atomic mass is 10.2. The standard InChI is InChI=1S/C13H16ClNO4/c1-7-4-5-10(14)11(6-7)19-9(3)12(16)15-8(2)13(17)18/h4-6,8-9H,1-3H3,(H,15,16)(H,17,18)/t8-,9?/m1/s1. The van der Waals surface area contributed by atoms with Crippen LogP contribution in [0.25, 0.3) is 0 Å². The van der Waals surface area contributed by atoms with E-state index in [4.69, 9.17) is 21.4 Å². The first-order valence-corrected chi connectivity index (χ1v) is 6.15. The summed E-state index contributed by atoms with van der Waals surface area (Å²) in [4.78, 5) is 22.4. The average molecular weight is 286 g/mol. The molecule has 0 aliphatic heterocycles. The molecule has 1 aromatic carbocycles. The van der Waals surface area contributed by atoms with Crippen molar-refractivity contribution in [1.82, 2.24) is 5.32 Å². The van der Waals surface area contributed by atoms with Crippen LogP contribution in [0.5, 0.6) is 5.75 Å². The van der Waals surface area contributed by atoms with Crippen LogP contribution in [-0.2, 0) is 9.59 Å². The Kier molecular flexibility index (Phi) is 5.18. The molecular weight excluding hydrogens is 270 g/mol. The van der Waals surface area contributed by atoms with Gasteiger partial charge in [-0.2, -0.15) is 0 Å². The summed E-state index contributed by atoms with van der Waals surface area (Å²) < 4.78 is 5.43. The van der Waals surface area contributed by atoms with Crippen molar-refractivity contribution in [3.63, 3.8) is 0 Å². The van der Waals surface area contributed by atoms with E-state index in [0.717, 1.165) is 5.56 Å². The van der Waals surface area contributed by atoms with Crippen molar-refractivity contribution >= 4 is 23.5 Å². The normalized spacial score (nSPS) is 13.5. The molecule has 0 saturated carbocycles. The largest absolute Gasteiger partial charge is 0.480 e. The van der Waals surface area contributed by atoms with Gasteiger partial charge in [-0.3, -0.25) is 9.59 Å². The molecule has 0 aliphatic rings. The van der Waals surface area contributed by atoms with E-state index in [9.17, 15) is 9.59 Å². The van der Waals surface area contributed by atoms with Gasteiger partial charge >= 0.3 is 5.97 Å². The Morgan fingerprint density at radius 3 is 2.58 bits per heavy atom. The van der Waals surface area contributed by atoms with Crippen LogP contribution in [0, 0.1) is 6.92 Å². The summed E-state index contributed by atoms with van der Waals surface area (Å²) in [6.07, 6.45) is -0.832. The lowest BCUT2D eigenvalue weighted by Crippen LogP contribution is -2.44. The Morgan fingerprint density at radius 2 is 2.00 bits per heavy atom. The van der Waals surface area contributed by atoms with Gasteiger partial charge in [-0.25, -0.2) is 0 Å². The summed E-state index contributed by atoms with van der Waals surface area (Å²) in [5, 5.41) is 11.4. The third-order valence-corrected chi connectivity index (χ3v) is 2.80. The number of amides is 1. The van der Waals surface area contributed by atoms with Crippen LogP contribution in [0.1, 0.15) is 19.4 Å². The molecule has 0 spiro atoms. The van der Waals surface area contributed by atoms with Crippen LogP contribution in [-0.4, -0.2) is 29.1 Å². The third kappa shape index (κ3) is 4.44. The number of nitrogens with one attached hydrogen (secondary N) is 1. The monoisotopic (exact) mass is 285 g/mol. The summed E-state index contributed by atoms with van der Waals surface area (Å²) in [6.45, 7) is 4.79. The van der Waals surface area contributed by atoms with E-state index in [0.29, 0.717) is 10.8 Å². The minimum Gasteiger partial charge on any atom is -0.480 e. The maximum Gasteiger partial charge on any atom is 0.325 e. The zero-order valence-electron chi connectivity index (χ0n) is 10.9. The second kappa shape index (κ2) is 6.43. The van der Waals surface area contributed by atoms with Crippen molar-refractivity contribution in [3.8, 4) is 5.75 Å². The van der Waals surface area contributed by atoms with Crippen molar-refractivity contribution in [2.45, 2.75) is 32.9 Å². The third-order valence-electron chi connectivity index (χ3n) is 2.49. The van der Waals surface area contributed by atoms with E-state index in [1.54, 1.807) is 12.1 Å². The first-order valence-electron chi connectivity index (χ1n) is 5.77. The molecule has 1 aromatic rings. The summed E-state index contributed by atoms with van der Waals surface area (Å²) in [5.74, 6) is -1.21. The lowest BCUT2D eigenvalue weighted by molar-refractivity contribution is -0.142. The van der Waals surface area contributed by atoms with Crippen LogP contribution in [0.4, 0.5) is 0 Å². The van der Waals surface area contributed by atoms with E-state index in [1.807, 2.05) is 13.0 Å². The minimum atomic E-state index is -1.10. The van der Waals surface area contributed by atoms with Crippen molar-refractivity contribution in [2.75, 3.05) is 0 Å². The quantitative estimate of drug-likeness (QED) is 0.868. The molecule has 5 nitrogen and oxygen atoms in total. The molecule has 104 valence electrons. The molecule has 19 heavy (non-hydrogen) atoms. The molecular formula is C13H16ClNO4. The zero-order valence-corrected chi connectivity index (χ0v) is 11.7. The second-order valence-electron chi connectivity index (χ2n) is 4.26. The van der Waals surface area contributed by atoms with Gasteiger partial charge in [0.15, 0.2) is 6.10 Å². The van der Waals surface area contributed by atoms with Gasteiger partial charge in [0, 0.05) is 0 Å². The maximum absolute atomic E-state index is 11.7. The molecule has 6 heteroatoms. The number of benzene rings is 1. The molecule has 0 fully saturated rings. The zero-order chi connectivity index (χ0) is 14.6. The molecule has 0 saturated heterocycles. The highest BCUT2D eigenvalue weighted by Gasteiger charge is 2.20. The fraction of sp³-hybridized carbons (Fsp3) is 0.385. The Balaban J connectivity index is 2.68. The van der Waals surface area contributed by atoms with Gasteiger partial charge in [0.2, 0.25) is 0 Å². The number of carbonyl (C=O) groups excluding carboxylic acids is 1. The number of halogens is 1. The van der Waals surface area contributed by atoms with Gasteiger partial charge in [-0.15, -0.1) is 0 Å². The molecule has 1 rings (SSSR count). The van der Waals surface area contributed by atoms with Crippen LogP contribution >= 0.6 is 11.6 Å². The molecule has 2 atom stereocenters. The number of aliphatic carboxylic acids is 1. The topological polar surface area (TPSA) is 75.6 Å². The van der Waals surface area contributed by atoms with E-state index >= 15 is 0 Å². The highest BCUT2D eigenvalue weighted by atomic mass is 35.5. The molecule has 0 aliphatic carbocycles. The number of carboxylic acids is 1. The fourth-order valence-corrected chi connectivity index (χ4v) is 1.50. The summed E-state index contributed by atoms with van der Waals surface area (Å²) >= 11 is 5.95. The molecule has 0 aromatic heterocycles. The minimum absolute atomic E-state index is 0.396. The number of hydrogen-bond donors (Lipinski definition) is 2. The number of hydrogen-bond acceptors (Lipinski definition) is 3. The average Bonchev–Trinajstić information content (AvgIpc) is 2.33. The first-order chi connectivity index (χ1) is 8.81. The maximum atomic E-state index is 11.7. The summed E-state index contributed by atoms with van der Waals surface area (Å²) in [7, 11) is 0. The SMILES string of the molecule is Cc1ccc(Cl)c(OC(C)C(=O)N[C@H](C)C(=O)O)c1. The van der Waals surface area contributed by atoms with Crippen molar-refractivity contribution in [1.29, 1.82) is 0 Å². The predicted molar refractivity (Wildman–Crippen MR) is 71.5 cm³/mol. The van der Waals surface area contributed by atoms with E-state index in [2.05, 4.69) is 5.32 Å². The second-order valence-corrected chi connectivity index (χ2v) is 4.67. The molecule has 0 heterocycles. The van der Waals surface area contributed by atoms with Crippen molar-refractivity contribution < 1.29 is 19.4 Å². The van der Waals surface area contributed by atoms with Crippen molar-refractivity contribution in [3.05, 3.63) is 28.8 Å². The molecule has 1 amide bonds. The number of rotatable bonds is 5. The van der Waals surface area contributed by atoms with Crippen LogP contribution in [0.3, 0.4) is 0 Å². The van der Waals surface area contributed by atoms with E-state index in [-0.39, 0.29) is 0 Å². The predicted octanol–water partition coefficient (Wildman–Crippen LogP) is 2.01. The first kappa shape index (κ1) is 15.3. The molecule has 2 N–H and O–H groups in total. The number of carboxylic acid groups (broad SMARTS) is 1. The Bertz CT molecular complexity index is 490.